The first-order valence-corrected chi connectivity index (χ1v) is 5.71. The van der Waals surface area contributed by atoms with Gasteiger partial charge in [0.25, 0.3) is 0 Å². The second-order valence-electron chi connectivity index (χ2n) is 4.00. The van der Waals surface area contributed by atoms with E-state index in [0.717, 1.165) is 22.8 Å². The van der Waals surface area contributed by atoms with Crippen molar-refractivity contribution in [2.24, 2.45) is 4.99 Å². The standard InChI is InChI=1S/C12H12N2S/c15-12-10-5-1-2-6-11(10)13-8-9-4-3-7-14(9)12/h1-2,5-6,8-9H,3-4,7H2. The Morgan fingerprint density at radius 1 is 1.33 bits per heavy atom. The molecular weight excluding hydrogens is 204 g/mol. The number of aliphatic imine (C=N–C) groups is 1. The zero-order chi connectivity index (χ0) is 10.3. The summed E-state index contributed by atoms with van der Waals surface area (Å²) in [7, 11) is 0. The van der Waals surface area contributed by atoms with Crippen LogP contribution in [0.1, 0.15) is 18.4 Å². The topological polar surface area (TPSA) is 15.6 Å². The lowest BCUT2D eigenvalue weighted by molar-refractivity contribution is 0.483. The van der Waals surface area contributed by atoms with E-state index in [1.807, 2.05) is 24.4 Å². The van der Waals surface area contributed by atoms with Crippen LogP contribution in [0, 0.1) is 0 Å². The fourth-order valence-corrected chi connectivity index (χ4v) is 2.69. The van der Waals surface area contributed by atoms with Gasteiger partial charge in [0.1, 0.15) is 4.99 Å². The van der Waals surface area contributed by atoms with Gasteiger partial charge in [-0.25, -0.2) is 0 Å². The summed E-state index contributed by atoms with van der Waals surface area (Å²) in [5, 5.41) is 0. The number of nitrogens with zero attached hydrogens (tertiary/aromatic N) is 2. The Balaban J connectivity index is 2.12. The third kappa shape index (κ3) is 1.38. The first kappa shape index (κ1) is 9.04. The highest BCUT2D eigenvalue weighted by Crippen LogP contribution is 2.28. The molecule has 1 aromatic rings. The maximum atomic E-state index is 5.53. The summed E-state index contributed by atoms with van der Waals surface area (Å²) in [6, 6.07) is 8.55. The maximum absolute atomic E-state index is 5.53. The van der Waals surface area contributed by atoms with Crippen LogP contribution in [0.2, 0.25) is 0 Å². The third-order valence-electron chi connectivity index (χ3n) is 3.08. The molecule has 1 aromatic carbocycles. The Labute approximate surface area is 94.6 Å². The maximum Gasteiger partial charge on any atom is 0.111 e. The smallest absolute Gasteiger partial charge is 0.111 e. The van der Waals surface area contributed by atoms with Crippen molar-refractivity contribution in [3.05, 3.63) is 29.8 Å². The average molecular weight is 216 g/mol. The predicted octanol–water partition coefficient (Wildman–Crippen LogP) is 2.54. The highest BCUT2D eigenvalue weighted by molar-refractivity contribution is 7.80. The Bertz CT molecular complexity index is 439. The number of hydrogen-bond acceptors (Lipinski definition) is 2. The Hall–Kier alpha value is -1.22. The molecule has 1 unspecified atom stereocenters. The van der Waals surface area contributed by atoms with Crippen molar-refractivity contribution in [3.8, 4) is 0 Å². The van der Waals surface area contributed by atoms with Crippen LogP contribution < -0.4 is 0 Å². The Morgan fingerprint density at radius 3 is 3.13 bits per heavy atom. The van der Waals surface area contributed by atoms with Crippen LogP contribution >= 0.6 is 12.2 Å². The molecule has 1 atom stereocenters. The van der Waals surface area contributed by atoms with Gasteiger partial charge in [-0.3, -0.25) is 4.99 Å². The van der Waals surface area contributed by atoms with Crippen molar-refractivity contribution in [1.29, 1.82) is 0 Å². The van der Waals surface area contributed by atoms with Gasteiger partial charge in [-0.05, 0) is 25.0 Å². The van der Waals surface area contributed by atoms with Crippen LogP contribution in [0.25, 0.3) is 0 Å². The second-order valence-corrected chi connectivity index (χ2v) is 4.39. The second kappa shape index (κ2) is 3.42. The van der Waals surface area contributed by atoms with E-state index >= 15 is 0 Å². The lowest BCUT2D eigenvalue weighted by Crippen LogP contribution is -2.34. The summed E-state index contributed by atoms with van der Waals surface area (Å²) in [6.45, 7) is 1.07. The van der Waals surface area contributed by atoms with E-state index in [0.29, 0.717) is 6.04 Å². The van der Waals surface area contributed by atoms with Gasteiger partial charge in [0.05, 0.1) is 11.7 Å². The zero-order valence-corrected chi connectivity index (χ0v) is 9.20. The van der Waals surface area contributed by atoms with Gasteiger partial charge in [0, 0.05) is 18.3 Å². The number of thiocarbonyl (C=S) groups is 1. The van der Waals surface area contributed by atoms with Gasteiger partial charge >= 0.3 is 0 Å². The minimum Gasteiger partial charge on any atom is -0.354 e. The van der Waals surface area contributed by atoms with E-state index in [9.17, 15) is 0 Å². The first-order chi connectivity index (χ1) is 7.36. The fraction of sp³-hybridized carbons (Fsp3) is 0.333. The normalized spacial score (nSPS) is 23.6. The molecule has 0 amide bonds. The van der Waals surface area contributed by atoms with Crippen LogP contribution in [0.3, 0.4) is 0 Å². The number of rotatable bonds is 0. The first-order valence-electron chi connectivity index (χ1n) is 5.30. The van der Waals surface area contributed by atoms with Crippen molar-refractivity contribution >= 4 is 29.1 Å². The number of fused-ring (bicyclic) bond motifs is 2. The van der Waals surface area contributed by atoms with Gasteiger partial charge in [0.15, 0.2) is 0 Å². The van der Waals surface area contributed by atoms with Gasteiger partial charge in [0.2, 0.25) is 0 Å². The zero-order valence-electron chi connectivity index (χ0n) is 8.39. The molecule has 2 heterocycles. The van der Waals surface area contributed by atoms with E-state index in [4.69, 9.17) is 12.2 Å². The molecule has 0 aromatic heterocycles. The van der Waals surface area contributed by atoms with E-state index in [1.165, 1.54) is 12.8 Å². The molecule has 1 fully saturated rings. The molecule has 3 heteroatoms. The van der Waals surface area contributed by atoms with Crippen molar-refractivity contribution < 1.29 is 0 Å². The van der Waals surface area contributed by atoms with Gasteiger partial charge < -0.3 is 4.90 Å². The van der Waals surface area contributed by atoms with Crippen LogP contribution in [0.4, 0.5) is 5.69 Å². The molecule has 0 aliphatic carbocycles. The third-order valence-corrected chi connectivity index (χ3v) is 3.53. The molecule has 0 radical (unpaired) electrons. The highest BCUT2D eigenvalue weighted by Gasteiger charge is 2.28. The summed E-state index contributed by atoms with van der Waals surface area (Å²) < 4.78 is 0. The van der Waals surface area contributed by atoms with Crippen LogP contribution in [0.15, 0.2) is 29.3 Å². The molecule has 0 saturated carbocycles. The summed E-state index contributed by atoms with van der Waals surface area (Å²) in [5.74, 6) is 0. The van der Waals surface area contributed by atoms with Gasteiger partial charge in [-0.1, -0.05) is 24.4 Å². The minimum atomic E-state index is 0.421. The van der Waals surface area contributed by atoms with Crippen LogP contribution in [0.5, 0.6) is 0 Å². The molecule has 76 valence electrons. The predicted molar refractivity (Wildman–Crippen MR) is 66.0 cm³/mol. The minimum absolute atomic E-state index is 0.421. The lowest BCUT2D eigenvalue weighted by Gasteiger charge is -2.22. The van der Waals surface area contributed by atoms with Gasteiger partial charge in [-0.2, -0.15) is 0 Å². The molecule has 2 aliphatic rings. The molecule has 0 N–H and O–H groups in total. The quantitative estimate of drug-likeness (QED) is 0.619. The molecule has 1 saturated heterocycles. The molecule has 0 bridgehead atoms. The number of benzene rings is 1. The number of hydrogen-bond donors (Lipinski definition) is 0. The summed E-state index contributed by atoms with van der Waals surface area (Å²) in [6.07, 6.45) is 4.45. The Morgan fingerprint density at radius 2 is 2.20 bits per heavy atom. The SMILES string of the molecule is S=C1c2ccccc2N=CC2CCCN12. The van der Waals surface area contributed by atoms with Crippen molar-refractivity contribution in [3.63, 3.8) is 0 Å². The monoisotopic (exact) mass is 216 g/mol. The molecule has 15 heavy (non-hydrogen) atoms. The summed E-state index contributed by atoms with van der Waals surface area (Å²) in [5.41, 5.74) is 2.12. The van der Waals surface area contributed by atoms with E-state index in [-0.39, 0.29) is 0 Å². The van der Waals surface area contributed by atoms with E-state index in [1.54, 1.807) is 0 Å². The van der Waals surface area contributed by atoms with E-state index in [2.05, 4.69) is 16.0 Å². The number of para-hydroxylation sites is 1. The summed E-state index contributed by atoms with van der Waals surface area (Å²) >= 11 is 5.53. The highest BCUT2D eigenvalue weighted by atomic mass is 32.1. The molecular formula is C12H12N2S. The fourth-order valence-electron chi connectivity index (χ4n) is 2.29. The molecule has 2 nitrogen and oxygen atoms in total. The van der Waals surface area contributed by atoms with Crippen molar-refractivity contribution in [1.82, 2.24) is 4.90 Å². The van der Waals surface area contributed by atoms with Gasteiger partial charge in [-0.15, -0.1) is 0 Å². The molecule has 2 aliphatic heterocycles. The molecule has 3 rings (SSSR count). The molecule has 0 spiro atoms. The van der Waals surface area contributed by atoms with E-state index < -0.39 is 0 Å². The van der Waals surface area contributed by atoms with Crippen molar-refractivity contribution in [2.75, 3.05) is 6.54 Å². The Kier molecular flexibility index (Phi) is 2.06. The lowest BCUT2D eigenvalue weighted by atomic mass is 10.1. The average Bonchev–Trinajstić information content (AvgIpc) is 2.69. The largest absolute Gasteiger partial charge is 0.354 e. The summed E-state index contributed by atoms with van der Waals surface area (Å²) in [4.78, 5) is 7.79. The van der Waals surface area contributed by atoms with Crippen LogP contribution in [-0.4, -0.2) is 28.7 Å². The van der Waals surface area contributed by atoms with Crippen LogP contribution in [-0.2, 0) is 0 Å². The van der Waals surface area contributed by atoms with Crippen molar-refractivity contribution in [2.45, 2.75) is 18.9 Å².